The Morgan fingerprint density at radius 2 is 1.95 bits per heavy atom. The molecular formula is C17H13FN4. The van der Waals surface area contributed by atoms with E-state index < -0.39 is 0 Å². The minimum absolute atomic E-state index is 0.171. The van der Waals surface area contributed by atoms with Crippen molar-refractivity contribution in [2.75, 3.05) is 0 Å². The Hall–Kier alpha value is -3.00. The molecule has 2 aromatic carbocycles. The summed E-state index contributed by atoms with van der Waals surface area (Å²) in [5.74, 6) is -0.365. The molecule has 0 spiro atoms. The maximum atomic E-state index is 13.5. The Bertz CT molecular complexity index is 844. The summed E-state index contributed by atoms with van der Waals surface area (Å²) in [7, 11) is 0. The van der Waals surface area contributed by atoms with Crippen molar-refractivity contribution in [3.8, 4) is 23.0 Å². The lowest BCUT2D eigenvalue weighted by molar-refractivity contribution is 0.628. The smallest absolute Gasteiger partial charge is 0.191 e. The van der Waals surface area contributed by atoms with Gasteiger partial charge in [-0.2, -0.15) is 5.26 Å². The van der Waals surface area contributed by atoms with Crippen LogP contribution in [0.5, 0.6) is 0 Å². The first-order valence-corrected chi connectivity index (χ1v) is 6.94. The van der Waals surface area contributed by atoms with Gasteiger partial charge in [0.2, 0.25) is 0 Å². The molecule has 22 heavy (non-hydrogen) atoms. The molecule has 1 aromatic heterocycles. The predicted octanol–water partition coefficient (Wildman–Crippen LogP) is 3.51. The van der Waals surface area contributed by atoms with E-state index >= 15 is 0 Å². The van der Waals surface area contributed by atoms with Crippen LogP contribution in [0.25, 0.3) is 16.9 Å². The molecular weight excluding hydrogens is 279 g/mol. The zero-order valence-corrected chi connectivity index (χ0v) is 12.0. The summed E-state index contributed by atoms with van der Waals surface area (Å²) in [6, 6.07) is 15.9. The van der Waals surface area contributed by atoms with Crippen molar-refractivity contribution in [3.63, 3.8) is 0 Å². The van der Waals surface area contributed by atoms with Gasteiger partial charge in [-0.3, -0.25) is 0 Å². The van der Waals surface area contributed by atoms with Crippen LogP contribution in [0.15, 0.2) is 48.5 Å². The van der Waals surface area contributed by atoms with Crippen LogP contribution in [0.2, 0.25) is 0 Å². The summed E-state index contributed by atoms with van der Waals surface area (Å²) in [6.07, 6.45) is 0.942. The average Bonchev–Trinajstić information content (AvgIpc) is 2.99. The highest BCUT2D eigenvalue weighted by Crippen LogP contribution is 2.25. The van der Waals surface area contributed by atoms with Crippen LogP contribution in [0.4, 0.5) is 4.39 Å². The third kappa shape index (κ3) is 2.47. The van der Waals surface area contributed by atoms with Crippen LogP contribution < -0.4 is 0 Å². The number of aromatic nitrogens is 3. The number of rotatable bonds is 3. The monoisotopic (exact) mass is 292 g/mol. The van der Waals surface area contributed by atoms with E-state index in [0.29, 0.717) is 11.3 Å². The summed E-state index contributed by atoms with van der Waals surface area (Å²) in [4.78, 5) is 0. The molecule has 1 heterocycles. The summed E-state index contributed by atoms with van der Waals surface area (Å²) in [5.41, 5.74) is 3.22. The van der Waals surface area contributed by atoms with Crippen LogP contribution in [0, 0.1) is 17.1 Å². The molecule has 0 bridgehead atoms. The molecule has 0 unspecified atom stereocenters. The van der Waals surface area contributed by atoms with E-state index in [1.165, 1.54) is 17.7 Å². The molecule has 0 aliphatic rings. The largest absolute Gasteiger partial charge is 0.211 e. The Labute approximate surface area is 127 Å². The number of aryl methyl sites for hydroxylation is 1. The first kappa shape index (κ1) is 14.0. The number of hydrogen-bond donors (Lipinski definition) is 0. The van der Waals surface area contributed by atoms with Gasteiger partial charge in [0, 0.05) is 5.56 Å². The van der Waals surface area contributed by atoms with Crippen LogP contribution in [-0.2, 0) is 6.42 Å². The zero-order chi connectivity index (χ0) is 15.5. The number of hydrogen-bond acceptors (Lipinski definition) is 3. The highest BCUT2D eigenvalue weighted by Gasteiger charge is 2.16. The molecule has 3 rings (SSSR count). The van der Waals surface area contributed by atoms with Gasteiger partial charge >= 0.3 is 0 Å². The molecule has 3 aromatic rings. The predicted molar refractivity (Wildman–Crippen MR) is 80.8 cm³/mol. The minimum atomic E-state index is -0.365. The van der Waals surface area contributed by atoms with E-state index in [1.54, 1.807) is 16.8 Å². The second-order valence-corrected chi connectivity index (χ2v) is 4.84. The molecule has 0 N–H and O–H groups in total. The molecule has 0 fully saturated rings. The van der Waals surface area contributed by atoms with Crippen LogP contribution in [-0.4, -0.2) is 15.0 Å². The Morgan fingerprint density at radius 1 is 1.18 bits per heavy atom. The van der Waals surface area contributed by atoms with E-state index in [0.717, 1.165) is 12.1 Å². The fourth-order valence-corrected chi connectivity index (χ4v) is 2.31. The second kappa shape index (κ2) is 5.78. The van der Waals surface area contributed by atoms with Crippen molar-refractivity contribution in [2.24, 2.45) is 0 Å². The Morgan fingerprint density at radius 3 is 2.59 bits per heavy atom. The van der Waals surface area contributed by atoms with Crippen LogP contribution >= 0.6 is 0 Å². The molecule has 0 atom stereocenters. The summed E-state index contributed by atoms with van der Waals surface area (Å²) >= 11 is 0. The normalized spacial score (nSPS) is 10.4. The fraction of sp³-hybridized carbons (Fsp3) is 0.118. The Kier molecular flexibility index (Phi) is 3.67. The van der Waals surface area contributed by atoms with Gasteiger partial charge in [-0.25, -0.2) is 9.07 Å². The van der Waals surface area contributed by atoms with E-state index in [-0.39, 0.29) is 11.5 Å². The number of nitriles is 1. The molecule has 108 valence electrons. The molecule has 0 aliphatic carbocycles. The minimum Gasteiger partial charge on any atom is -0.211 e. The standard InChI is InChI=1S/C17H13FN4/c1-2-12-6-8-15(9-7-12)22-17(16(11-19)20-21-22)13-4-3-5-14(18)10-13/h3-10H,2H2,1H3. The second-order valence-electron chi connectivity index (χ2n) is 4.84. The molecule has 5 heteroatoms. The van der Waals surface area contributed by atoms with Crippen molar-refractivity contribution in [1.82, 2.24) is 15.0 Å². The van der Waals surface area contributed by atoms with Crippen LogP contribution in [0.1, 0.15) is 18.2 Å². The lowest BCUT2D eigenvalue weighted by Gasteiger charge is -2.07. The van der Waals surface area contributed by atoms with Crippen molar-refractivity contribution >= 4 is 0 Å². The van der Waals surface area contributed by atoms with Crippen molar-refractivity contribution in [2.45, 2.75) is 13.3 Å². The number of nitrogens with zero attached hydrogens (tertiary/aromatic N) is 4. The SMILES string of the molecule is CCc1ccc(-n2nnc(C#N)c2-c2cccc(F)c2)cc1. The molecule has 0 radical (unpaired) electrons. The van der Waals surface area contributed by atoms with Gasteiger partial charge in [0.1, 0.15) is 17.6 Å². The van der Waals surface area contributed by atoms with Crippen molar-refractivity contribution in [3.05, 3.63) is 65.6 Å². The molecule has 0 amide bonds. The molecule has 0 saturated carbocycles. The van der Waals surface area contributed by atoms with Gasteiger partial charge in [0.25, 0.3) is 0 Å². The highest BCUT2D eigenvalue weighted by molar-refractivity contribution is 5.67. The third-order valence-corrected chi connectivity index (χ3v) is 3.46. The summed E-state index contributed by atoms with van der Waals surface area (Å²) < 4.78 is 15.1. The fourth-order valence-electron chi connectivity index (χ4n) is 2.31. The van der Waals surface area contributed by atoms with Crippen molar-refractivity contribution in [1.29, 1.82) is 5.26 Å². The number of halogens is 1. The third-order valence-electron chi connectivity index (χ3n) is 3.46. The van der Waals surface area contributed by atoms with Crippen molar-refractivity contribution < 1.29 is 4.39 Å². The number of benzene rings is 2. The molecule has 0 aliphatic heterocycles. The lowest BCUT2D eigenvalue weighted by atomic mass is 10.1. The first-order chi connectivity index (χ1) is 10.7. The summed E-state index contributed by atoms with van der Waals surface area (Å²) in [5, 5.41) is 17.2. The van der Waals surface area contributed by atoms with E-state index in [2.05, 4.69) is 17.2 Å². The summed E-state index contributed by atoms with van der Waals surface area (Å²) in [6.45, 7) is 2.08. The van der Waals surface area contributed by atoms with Gasteiger partial charge in [-0.05, 0) is 36.2 Å². The topological polar surface area (TPSA) is 54.5 Å². The average molecular weight is 292 g/mol. The first-order valence-electron chi connectivity index (χ1n) is 6.94. The molecule has 0 saturated heterocycles. The highest BCUT2D eigenvalue weighted by atomic mass is 19.1. The van der Waals surface area contributed by atoms with E-state index in [9.17, 15) is 9.65 Å². The van der Waals surface area contributed by atoms with Crippen LogP contribution in [0.3, 0.4) is 0 Å². The van der Waals surface area contributed by atoms with E-state index in [4.69, 9.17) is 0 Å². The van der Waals surface area contributed by atoms with Gasteiger partial charge < -0.3 is 0 Å². The maximum absolute atomic E-state index is 13.5. The zero-order valence-electron chi connectivity index (χ0n) is 12.0. The van der Waals surface area contributed by atoms with Gasteiger partial charge in [0.15, 0.2) is 5.69 Å². The van der Waals surface area contributed by atoms with Gasteiger partial charge in [-0.1, -0.05) is 36.4 Å². The Balaban J connectivity index is 2.17. The van der Waals surface area contributed by atoms with Gasteiger partial charge in [-0.15, -0.1) is 5.10 Å². The molecule has 4 nitrogen and oxygen atoms in total. The van der Waals surface area contributed by atoms with E-state index in [1.807, 2.05) is 30.3 Å². The quantitative estimate of drug-likeness (QED) is 0.742. The maximum Gasteiger partial charge on any atom is 0.191 e. The van der Waals surface area contributed by atoms with Gasteiger partial charge in [0.05, 0.1) is 5.69 Å². The lowest BCUT2D eigenvalue weighted by Crippen LogP contribution is -2.00.